The maximum absolute atomic E-state index is 6.25. The highest BCUT2D eigenvalue weighted by Crippen LogP contribution is 2.42. The molecule has 0 bridgehead atoms. The molecule has 0 radical (unpaired) electrons. The molecule has 1 N–H and O–H groups in total. The van der Waals surface area contributed by atoms with Crippen LogP contribution in [0.25, 0.3) is 0 Å². The summed E-state index contributed by atoms with van der Waals surface area (Å²) in [7, 11) is 2.12. The van der Waals surface area contributed by atoms with Crippen molar-refractivity contribution in [2.45, 2.75) is 82.0 Å². The van der Waals surface area contributed by atoms with Gasteiger partial charge in [0, 0.05) is 19.3 Å². The first kappa shape index (κ1) is 14.8. The zero-order valence-corrected chi connectivity index (χ0v) is 13.0. The van der Waals surface area contributed by atoms with Crippen LogP contribution in [0, 0.1) is 5.92 Å². The third-order valence-electron chi connectivity index (χ3n) is 5.75. The van der Waals surface area contributed by atoms with E-state index < -0.39 is 0 Å². The standard InChI is InChI=1S/C17H31NO2/c1-18-16(15-7-3-6-11-19-15)14-8-12-20-17(13-14)9-4-2-5-10-17/h14-16,18H,2-13H2,1H3. The summed E-state index contributed by atoms with van der Waals surface area (Å²) < 4.78 is 12.3. The Labute approximate surface area is 123 Å². The van der Waals surface area contributed by atoms with Crippen LogP contribution < -0.4 is 5.32 Å². The first-order valence-electron chi connectivity index (χ1n) is 8.76. The molecule has 3 heteroatoms. The Bertz CT molecular complexity index is 290. The van der Waals surface area contributed by atoms with Gasteiger partial charge in [-0.3, -0.25) is 0 Å². The van der Waals surface area contributed by atoms with E-state index in [9.17, 15) is 0 Å². The van der Waals surface area contributed by atoms with E-state index in [1.807, 2.05) is 0 Å². The van der Waals surface area contributed by atoms with Gasteiger partial charge in [0.15, 0.2) is 0 Å². The molecule has 1 saturated carbocycles. The molecule has 0 aromatic rings. The van der Waals surface area contributed by atoms with Crippen molar-refractivity contribution < 1.29 is 9.47 Å². The van der Waals surface area contributed by atoms with Gasteiger partial charge in [0.25, 0.3) is 0 Å². The lowest BCUT2D eigenvalue weighted by atomic mass is 9.73. The Morgan fingerprint density at radius 1 is 1.00 bits per heavy atom. The smallest absolute Gasteiger partial charge is 0.0730 e. The first-order chi connectivity index (χ1) is 9.83. The second-order valence-corrected chi connectivity index (χ2v) is 7.06. The van der Waals surface area contributed by atoms with Crippen molar-refractivity contribution in [3.8, 4) is 0 Å². The SMILES string of the molecule is CNC(C1CCOC2(CCCCC2)C1)C1CCCCO1. The lowest BCUT2D eigenvalue weighted by Gasteiger charge is -2.47. The predicted octanol–water partition coefficient (Wildman–Crippen LogP) is 3.27. The number of rotatable bonds is 3. The van der Waals surface area contributed by atoms with E-state index >= 15 is 0 Å². The predicted molar refractivity (Wildman–Crippen MR) is 80.9 cm³/mol. The Kier molecular flexibility index (Phi) is 5.00. The molecular weight excluding hydrogens is 250 g/mol. The summed E-state index contributed by atoms with van der Waals surface area (Å²) in [5.41, 5.74) is 0.213. The Hall–Kier alpha value is -0.120. The molecule has 1 aliphatic carbocycles. The molecule has 2 saturated heterocycles. The molecule has 3 unspecified atom stereocenters. The lowest BCUT2D eigenvalue weighted by Crippen LogP contribution is -2.52. The normalized spacial score (nSPS) is 35.9. The van der Waals surface area contributed by atoms with Crippen LogP contribution >= 0.6 is 0 Å². The summed E-state index contributed by atoms with van der Waals surface area (Å²) in [5.74, 6) is 0.731. The van der Waals surface area contributed by atoms with Crippen LogP contribution in [0.1, 0.15) is 64.2 Å². The molecule has 116 valence electrons. The van der Waals surface area contributed by atoms with Crippen molar-refractivity contribution in [2.75, 3.05) is 20.3 Å². The number of likely N-dealkylation sites (N-methyl/N-ethyl adjacent to an activating group) is 1. The van der Waals surface area contributed by atoms with Crippen LogP contribution in [0.15, 0.2) is 0 Å². The van der Waals surface area contributed by atoms with Gasteiger partial charge in [-0.25, -0.2) is 0 Å². The quantitative estimate of drug-likeness (QED) is 0.861. The summed E-state index contributed by atoms with van der Waals surface area (Å²) in [6.07, 6.45) is 13.4. The van der Waals surface area contributed by atoms with Gasteiger partial charge in [0.05, 0.1) is 11.7 Å². The van der Waals surface area contributed by atoms with E-state index in [1.165, 1.54) is 64.2 Å². The highest BCUT2D eigenvalue weighted by Gasteiger charge is 2.42. The van der Waals surface area contributed by atoms with E-state index in [0.29, 0.717) is 12.1 Å². The second-order valence-electron chi connectivity index (χ2n) is 7.06. The van der Waals surface area contributed by atoms with Crippen LogP contribution in [-0.4, -0.2) is 38.0 Å². The van der Waals surface area contributed by atoms with E-state index in [1.54, 1.807) is 0 Å². The van der Waals surface area contributed by atoms with Gasteiger partial charge < -0.3 is 14.8 Å². The molecule has 3 nitrogen and oxygen atoms in total. The van der Waals surface area contributed by atoms with Gasteiger partial charge in [0.2, 0.25) is 0 Å². The average Bonchev–Trinajstić information content (AvgIpc) is 2.50. The second kappa shape index (κ2) is 6.76. The summed E-state index contributed by atoms with van der Waals surface area (Å²) >= 11 is 0. The molecule has 2 heterocycles. The van der Waals surface area contributed by atoms with E-state index in [0.717, 1.165) is 19.1 Å². The largest absolute Gasteiger partial charge is 0.377 e. The van der Waals surface area contributed by atoms with E-state index in [2.05, 4.69) is 12.4 Å². The number of nitrogens with one attached hydrogen (secondary N) is 1. The Morgan fingerprint density at radius 3 is 2.55 bits per heavy atom. The maximum atomic E-state index is 6.25. The van der Waals surface area contributed by atoms with Gasteiger partial charge >= 0.3 is 0 Å². The fourth-order valence-electron chi connectivity index (χ4n) is 4.69. The molecule has 2 aliphatic heterocycles. The summed E-state index contributed by atoms with van der Waals surface area (Å²) in [4.78, 5) is 0. The van der Waals surface area contributed by atoms with Crippen molar-refractivity contribution in [3.63, 3.8) is 0 Å². The monoisotopic (exact) mass is 281 g/mol. The maximum Gasteiger partial charge on any atom is 0.0730 e. The third-order valence-corrected chi connectivity index (χ3v) is 5.75. The van der Waals surface area contributed by atoms with Crippen LogP contribution in [-0.2, 0) is 9.47 Å². The van der Waals surface area contributed by atoms with Crippen molar-refractivity contribution >= 4 is 0 Å². The number of hydrogen-bond acceptors (Lipinski definition) is 3. The fraction of sp³-hybridized carbons (Fsp3) is 1.00. The van der Waals surface area contributed by atoms with Crippen LogP contribution in [0.5, 0.6) is 0 Å². The summed E-state index contributed by atoms with van der Waals surface area (Å²) in [6, 6.07) is 0.526. The Balaban J connectivity index is 1.64. The van der Waals surface area contributed by atoms with Gasteiger partial charge in [-0.05, 0) is 57.9 Å². The number of ether oxygens (including phenoxy) is 2. The zero-order chi connectivity index (χ0) is 13.8. The molecule has 0 aromatic carbocycles. The highest BCUT2D eigenvalue weighted by molar-refractivity contribution is 4.95. The van der Waals surface area contributed by atoms with Crippen molar-refractivity contribution in [2.24, 2.45) is 5.92 Å². The van der Waals surface area contributed by atoms with Crippen molar-refractivity contribution in [1.82, 2.24) is 5.32 Å². The summed E-state index contributed by atoms with van der Waals surface area (Å²) in [5, 5.41) is 3.58. The molecular formula is C17H31NO2. The van der Waals surface area contributed by atoms with Crippen LogP contribution in [0.2, 0.25) is 0 Å². The van der Waals surface area contributed by atoms with Crippen molar-refractivity contribution in [3.05, 3.63) is 0 Å². The van der Waals surface area contributed by atoms with Gasteiger partial charge in [-0.2, -0.15) is 0 Å². The van der Waals surface area contributed by atoms with E-state index in [4.69, 9.17) is 9.47 Å². The minimum atomic E-state index is 0.213. The van der Waals surface area contributed by atoms with E-state index in [-0.39, 0.29) is 5.60 Å². The van der Waals surface area contributed by atoms with Gasteiger partial charge in [-0.1, -0.05) is 19.3 Å². The Morgan fingerprint density at radius 2 is 1.85 bits per heavy atom. The van der Waals surface area contributed by atoms with Crippen LogP contribution in [0.3, 0.4) is 0 Å². The molecule has 3 fully saturated rings. The average molecular weight is 281 g/mol. The fourth-order valence-corrected chi connectivity index (χ4v) is 4.69. The van der Waals surface area contributed by atoms with Crippen molar-refractivity contribution in [1.29, 1.82) is 0 Å². The van der Waals surface area contributed by atoms with Gasteiger partial charge in [-0.15, -0.1) is 0 Å². The molecule has 3 rings (SSSR count). The molecule has 3 atom stereocenters. The zero-order valence-electron chi connectivity index (χ0n) is 13.0. The van der Waals surface area contributed by atoms with Crippen LogP contribution in [0.4, 0.5) is 0 Å². The first-order valence-corrected chi connectivity index (χ1v) is 8.76. The molecule has 1 spiro atoms. The lowest BCUT2D eigenvalue weighted by molar-refractivity contribution is -0.131. The summed E-state index contributed by atoms with van der Waals surface area (Å²) in [6.45, 7) is 1.91. The molecule has 20 heavy (non-hydrogen) atoms. The minimum absolute atomic E-state index is 0.213. The third kappa shape index (κ3) is 3.20. The van der Waals surface area contributed by atoms with Gasteiger partial charge in [0.1, 0.15) is 0 Å². The number of hydrogen-bond donors (Lipinski definition) is 1. The molecule has 0 aromatic heterocycles. The topological polar surface area (TPSA) is 30.5 Å². The molecule has 3 aliphatic rings. The highest BCUT2D eigenvalue weighted by atomic mass is 16.5. The minimum Gasteiger partial charge on any atom is -0.377 e. The molecule has 0 amide bonds.